The van der Waals surface area contributed by atoms with Crippen LogP contribution in [0.4, 0.5) is 11.4 Å². The van der Waals surface area contributed by atoms with Crippen LogP contribution in [-0.4, -0.2) is 40.6 Å². The predicted molar refractivity (Wildman–Crippen MR) is 106 cm³/mol. The minimum absolute atomic E-state index is 0.00758. The van der Waals surface area contributed by atoms with E-state index in [-0.39, 0.29) is 29.4 Å². The molecule has 0 radical (unpaired) electrons. The van der Waals surface area contributed by atoms with Crippen LogP contribution in [0.3, 0.4) is 0 Å². The van der Waals surface area contributed by atoms with Gasteiger partial charge in [-0.1, -0.05) is 11.6 Å². The summed E-state index contributed by atoms with van der Waals surface area (Å²) in [5.41, 5.74) is 0.387. The van der Waals surface area contributed by atoms with Crippen molar-refractivity contribution in [3.8, 4) is 5.75 Å². The SMILES string of the molecule is CCOC(=O)CNC(=O)c1cc(Cl)ccc1N(c1ccc(OC)cc1)[SH](=O)=O. The highest BCUT2D eigenvalue weighted by Gasteiger charge is 2.21. The molecule has 0 saturated heterocycles. The second-order valence-electron chi connectivity index (χ2n) is 5.40. The van der Waals surface area contributed by atoms with Gasteiger partial charge in [0, 0.05) is 5.02 Å². The molecule has 1 N–H and O–H groups in total. The minimum atomic E-state index is -3.13. The maximum absolute atomic E-state index is 12.6. The van der Waals surface area contributed by atoms with Crippen LogP contribution in [0.15, 0.2) is 42.5 Å². The molecule has 10 heteroatoms. The fourth-order valence-electron chi connectivity index (χ4n) is 2.38. The zero-order valence-corrected chi connectivity index (χ0v) is 16.8. The number of carbonyl (C=O) groups is 2. The first-order valence-electron chi connectivity index (χ1n) is 8.19. The van der Waals surface area contributed by atoms with Crippen molar-refractivity contribution < 1.29 is 27.5 Å². The van der Waals surface area contributed by atoms with Crippen molar-refractivity contribution in [2.45, 2.75) is 6.92 Å². The number of anilines is 2. The van der Waals surface area contributed by atoms with Crippen molar-refractivity contribution >= 4 is 45.7 Å². The van der Waals surface area contributed by atoms with Gasteiger partial charge in [-0.15, -0.1) is 0 Å². The van der Waals surface area contributed by atoms with Crippen LogP contribution in [-0.2, 0) is 20.4 Å². The largest absolute Gasteiger partial charge is 0.497 e. The quantitative estimate of drug-likeness (QED) is 0.496. The lowest BCUT2D eigenvalue weighted by molar-refractivity contribution is -0.141. The summed E-state index contributed by atoms with van der Waals surface area (Å²) in [5, 5.41) is 2.64. The summed E-state index contributed by atoms with van der Waals surface area (Å²) in [6.45, 7) is 1.47. The molecule has 1 amide bonds. The maximum Gasteiger partial charge on any atom is 0.325 e. The number of carbonyl (C=O) groups excluding carboxylic acids is 2. The highest BCUT2D eigenvalue weighted by atomic mass is 35.5. The second kappa shape index (κ2) is 9.95. The Hall–Kier alpha value is -2.78. The molecule has 0 unspecified atom stereocenters. The summed E-state index contributed by atoms with van der Waals surface area (Å²) >= 11 is 5.99. The van der Waals surface area contributed by atoms with E-state index in [1.165, 1.54) is 25.3 Å². The molecule has 0 aliphatic rings. The highest BCUT2D eigenvalue weighted by Crippen LogP contribution is 2.32. The molecular formula is C18H19ClN2O6S. The molecule has 28 heavy (non-hydrogen) atoms. The number of halogens is 1. The zero-order valence-electron chi connectivity index (χ0n) is 15.2. The maximum atomic E-state index is 12.6. The number of amides is 1. The smallest absolute Gasteiger partial charge is 0.325 e. The number of benzene rings is 2. The average Bonchev–Trinajstić information content (AvgIpc) is 2.68. The number of esters is 1. The van der Waals surface area contributed by atoms with E-state index in [4.69, 9.17) is 21.1 Å². The van der Waals surface area contributed by atoms with E-state index >= 15 is 0 Å². The first-order chi connectivity index (χ1) is 13.4. The summed E-state index contributed by atoms with van der Waals surface area (Å²) in [6.07, 6.45) is 0. The summed E-state index contributed by atoms with van der Waals surface area (Å²) < 4.78 is 34.7. The molecule has 150 valence electrons. The number of ether oxygens (including phenoxy) is 2. The van der Waals surface area contributed by atoms with Gasteiger partial charge in [0.1, 0.15) is 12.3 Å². The summed E-state index contributed by atoms with van der Waals surface area (Å²) in [6, 6.07) is 10.5. The molecule has 2 rings (SSSR count). The molecule has 0 aliphatic carbocycles. The Labute approximate surface area is 169 Å². The van der Waals surface area contributed by atoms with Crippen LogP contribution in [0.25, 0.3) is 0 Å². The highest BCUT2D eigenvalue weighted by molar-refractivity contribution is 7.74. The van der Waals surface area contributed by atoms with Gasteiger partial charge in [-0.05, 0) is 49.4 Å². The number of rotatable bonds is 8. The molecule has 0 heterocycles. The Morgan fingerprint density at radius 3 is 2.39 bits per heavy atom. The first-order valence-corrected chi connectivity index (χ1v) is 9.70. The van der Waals surface area contributed by atoms with Crippen LogP contribution in [0.1, 0.15) is 17.3 Å². The number of nitrogens with one attached hydrogen (secondary N) is 1. The van der Waals surface area contributed by atoms with E-state index in [2.05, 4.69) is 5.32 Å². The van der Waals surface area contributed by atoms with Crippen molar-refractivity contribution in [3.05, 3.63) is 53.1 Å². The Kier molecular flexibility index (Phi) is 7.65. The average molecular weight is 427 g/mol. The topological polar surface area (TPSA) is 102 Å². The zero-order chi connectivity index (χ0) is 20.7. The van der Waals surface area contributed by atoms with Crippen LogP contribution >= 0.6 is 11.6 Å². The molecule has 8 nitrogen and oxygen atoms in total. The van der Waals surface area contributed by atoms with Gasteiger partial charge in [-0.25, -0.2) is 12.7 Å². The van der Waals surface area contributed by atoms with Gasteiger partial charge in [-0.2, -0.15) is 0 Å². The van der Waals surface area contributed by atoms with Gasteiger partial charge in [-0.3, -0.25) is 9.59 Å². The Morgan fingerprint density at radius 1 is 1.14 bits per heavy atom. The van der Waals surface area contributed by atoms with E-state index < -0.39 is 22.8 Å². The fraction of sp³-hybridized carbons (Fsp3) is 0.222. The van der Waals surface area contributed by atoms with E-state index in [0.717, 1.165) is 4.31 Å². The van der Waals surface area contributed by atoms with Gasteiger partial charge in [0.15, 0.2) is 0 Å². The second-order valence-corrected chi connectivity index (χ2v) is 6.71. The molecule has 0 atom stereocenters. The lowest BCUT2D eigenvalue weighted by Gasteiger charge is -2.21. The van der Waals surface area contributed by atoms with Gasteiger partial charge in [0.05, 0.1) is 30.7 Å². The summed E-state index contributed by atoms with van der Waals surface area (Å²) in [7, 11) is -1.64. The van der Waals surface area contributed by atoms with Crippen molar-refractivity contribution in [2.24, 2.45) is 0 Å². The molecule has 0 spiro atoms. The standard InChI is InChI=1S/C18H19ClN2O6S/c1-3-27-17(22)11-20-18(23)15-10-12(19)4-9-16(15)21(28(24)25)13-5-7-14(26-2)8-6-13/h4-10,28H,3,11H2,1-2H3,(H,20,23). The predicted octanol–water partition coefficient (Wildman–Crippen LogP) is 2.31. The third-order valence-electron chi connectivity index (χ3n) is 3.61. The normalized spacial score (nSPS) is 10.4. The van der Waals surface area contributed by atoms with Gasteiger partial charge in [0.25, 0.3) is 5.91 Å². The number of nitrogens with zero attached hydrogens (tertiary/aromatic N) is 1. The van der Waals surface area contributed by atoms with E-state index in [1.807, 2.05) is 0 Å². The van der Waals surface area contributed by atoms with Crippen molar-refractivity contribution in [2.75, 3.05) is 24.6 Å². The third kappa shape index (κ3) is 5.37. The molecule has 0 aromatic heterocycles. The molecule has 0 fully saturated rings. The van der Waals surface area contributed by atoms with Gasteiger partial charge < -0.3 is 14.8 Å². The lowest BCUT2D eigenvalue weighted by atomic mass is 10.1. The fourth-order valence-corrected chi connectivity index (χ4v) is 3.22. The van der Waals surface area contributed by atoms with E-state index in [1.54, 1.807) is 31.2 Å². The van der Waals surface area contributed by atoms with Crippen molar-refractivity contribution in [1.29, 1.82) is 0 Å². The van der Waals surface area contributed by atoms with Crippen LogP contribution in [0.5, 0.6) is 5.75 Å². The van der Waals surface area contributed by atoms with Crippen LogP contribution in [0.2, 0.25) is 5.02 Å². The van der Waals surface area contributed by atoms with Gasteiger partial charge >= 0.3 is 5.97 Å². The molecule has 0 saturated carbocycles. The molecule has 0 bridgehead atoms. The number of hydrogen-bond acceptors (Lipinski definition) is 6. The lowest BCUT2D eigenvalue weighted by Crippen LogP contribution is -2.32. The number of hydrogen-bond donors (Lipinski definition) is 2. The summed E-state index contributed by atoms with van der Waals surface area (Å²) in [4.78, 5) is 24.0. The number of methoxy groups -OCH3 is 1. The molecular weight excluding hydrogens is 408 g/mol. The van der Waals surface area contributed by atoms with Crippen molar-refractivity contribution in [1.82, 2.24) is 5.32 Å². The Bertz CT molecular complexity index is 922. The van der Waals surface area contributed by atoms with Crippen LogP contribution < -0.4 is 14.4 Å². The number of thiol groups is 1. The minimum Gasteiger partial charge on any atom is -0.497 e. The third-order valence-corrected chi connectivity index (χ3v) is 4.62. The van der Waals surface area contributed by atoms with Gasteiger partial charge in [0.2, 0.25) is 10.9 Å². The molecule has 0 aliphatic heterocycles. The summed E-state index contributed by atoms with van der Waals surface area (Å²) in [5.74, 6) is -0.726. The molecule has 2 aromatic carbocycles. The Balaban J connectivity index is 2.41. The first kappa shape index (κ1) is 21.5. The molecule has 2 aromatic rings. The van der Waals surface area contributed by atoms with Crippen molar-refractivity contribution in [3.63, 3.8) is 0 Å². The Morgan fingerprint density at radius 2 is 1.82 bits per heavy atom. The van der Waals surface area contributed by atoms with E-state index in [9.17, 15) is 18.0 Å². The van der Waals surface area contributed by atoms with E-state index in [0.29, 0.717) is 11.4 Å². The monoisotopic (exact) mass is 426 g/mol. The van der Waals surface area contributed by atoms with Crippen LogP contribution in [0, 0.1) is 0 Å².